The predicted octanol–water partition coefficient (Wildman–Crippen LogP) is 2.32. The Morgan fingerprint density at radius 2 is 2.26 bits per heavy atom. The molecule has 1 unspecified atom stereocenters. The number of rotatable bonds is 7. The van der Waals surface area contributed by atoms with E-state index in [1.54, 1.807) is 11.3 Å². The smallest absolute Gasteiger partial charge is 0.240 e. The largest absolute Gasteiger partial charge is 0.338 e. The highest BCUT2D eigenvalue weighted by Gasteiger charge is 2.29. The van der Waals surface area contributed by atoms with Gasteiger partial charge in [-0.15, -0.1) is 11.3 Å². The van der Waals surface area contributed by atoms with Gasteiger partial charge in [-0.05, 0) is 45.2 Å². The van der Waals surface area contributed by atoms with Crippen LogP contribution in [0.4, 0.5) is 0 Å². The Bertz CT molecular complexity index is 644. The molecule has 1 aliphatic carbocycles. The quantitative estimate of drug-likeness (QED) is 0.839. The third-order valence-corrected chi connectivity index (χ3v) is 5.60. The number of nitrogens with zero attached hydrogens (tertiary/aromatic N) is 4. The van der Waals surface area contributed by atoms with Crippen molar-refractivity contribution in [3.63, 3.8) is 0 Å². The molecule has 3 heterocycles. The second-order valence-corrected chi connectivity index (χ2v) is 7.65. The van der Waals surface area contributed by atoms with Crippen molar-refractivity contribution in [2.45, 2.75) is 45.2 Å². The maximum Gasteiger partial charge on any atom is 0.240 e. The second-order valence-electron chi connectivity index (χ2n) is 6.71. The van der Waals surface area contributed by atoms with E-state index in [0.717, 1.165) is 50.1 Å². The molecule has 23 heavy (non-hydrogen) atoms. The molecule has 0 amide bonds. The van der Waals surface area contributed by atoms with Crippen LogP contribution < -0.4 is 5.32 Å². The summed E-state index contributed by atoms with van der Waals surface area (Å²) in [6.45, 7) is 7.02. The van der Waals surface area contributed by atoms with E-state index in [-0.39, 0.29) is 0 Å². The second kappa shape index (κ2) is 6.67. The lowest BCUT2D eigenvalue weighted by molar-refractivity contribution is 0.193. The zero-order valence-electron chi connectivity index (χ0n) is 13.5. The minimum Gasteiger partial charge on any atom is -0.338 e. The molecule has 0 aromatic carbocycles. The van der Waals surface area contributed by atoms with Crippen LogP contribution in [0.15, 0.2) is 10.0 Å². The molecule has 0 radical (unpaired) electrons. The maximum atomic E-state index is 5.48. The van der Waals surface area contributed by atoms with Crippen molar-refractivity contribution < 1.29 is 4.52 Å². The molecule has 1 aliphatic heterocycles. The minimum atomic E-state index is 0.545. The van der Waals surface area contributed by atoms with E-state index < -0.39 is 0 Å². The average Bonchev–Trinajstić information content (AvgIpc) is 2.91. The molecule has 2 fully saturated rings. The number of aryl methyl sites for hydroxylation is 1. The van der Waals surface area contributed by atoms with Gasteiger partial charge in [0.15, 0.2) is 5.82 Å². The fraction of sp³-hybridized carbons (Fsp3) is 0.688. The zero-order valence-corrected chi connectivity index (χ0v) is 14.3. The van der Waals surface area contributed by atoms with Gasteiger partial charge >= 0.3 is 0 Å². The first-order chi connectivity index (χ1) is 11.3. The third kappa shape index (κ3) is 3.79. The highest BCUT2D eigenvalue weighted by atomic mass is 32.1. The Balaban J connectivity index is 1.44. The molecular weight excluding hydrogens is 310 g/mol. The first kappa shape index (κ1) is 15.2. The van der Waals surface area contributed by atoms with E-state index in [1.165, 1.54) is 24.1 Å². The molecule has 0 bridgehead atoms. The molecule has 6 nitrogen and oxygen atoms in total. The molecule has 4 rings (SSSR count). The van der Waals surface area contributed by atoms with Crippen molar-refractivity contribution >= 4 is 11.3 Å². The van der Waals surface area contributed by atoms with Gasteiger partial charge in [0.25, 0.3) is 0 Å². The third-order valence-electron chi connectivity index (χ3n) is 4.68. The van der Waals surface area contributed by atoms with Gasteiger partial charge in [0.1, 0.15) is 0 Å². The van der Waals surface area contributed by atoms with Crippen molar-refractivity contribution in [3.05, 3.63) is 27.8 Å². The molecule has 124 valence electrons. The summed E-state index contributed by atoms with van der Waals surface area (Å²) in [6, 6.07) is 0. The molecule has 1 saturated heterocycles. The number of hydrogen-bond donors (Lipinski definition) is 1. The summed E-state index contributed by atoms with van der Waals surface area (Å²) in [5.41, 5.74) is 3.06. The van der Waals surface area contributed by atoms with Crippen LogP contribution in [-0.4, -0.2) is 39.7 Å². The maximum absolute atomic E-state index is 5.48. The van der Waals surface area contributed by atoms with Crippen LogP contribution in [-0.2, 0) is 13.1 Å². The van der Waals surface area contributed by atoms with E-state index in [1.807, 2.05) is 5.51 Å². The number of thiazole rings is 1. The van der Waals surface area contributed by atoms with Crippen LogP contribution >= 0.6 is 11.3 Å². The first-order valence-electron chi connectivity index (χ1n) is 8.42. The molecule has 7 heteroatoms. The highest BCUT2D eigenvalue weighted by Crippen LogP contribution is 2.38. The molecule has 1 N–H and O–H groups in total. The summed E-state index contributed by atoms with van der Waals surface area (Å²) in [7, 11) is 0. The van der Waals surface area contributed by atoms with Crippen molar-refractivity contribution in [3.8, 4) is 0 Å². The van der Waals surface area contributed by atoms with Gasteiger partial charge in [-0.3, -0.25) is 4.90 Å². The van der Waals surface area contributed by atoms with Crippen LogP contribution in [0.1, 0.15) is 47.5 Å². The average molecular weight is 333 g/mol. The van der Waals surface area contributed by atoms with Gasteiger partial charge in [-0.1, -0.05) is 5.16 Å². The molecule has 2 aromatic heterocycles. The van der Waals surface area contributed by atoms with Crippen LogP contribution in [0, 0.1) is 12.8 Å². The summed E-state index contributed by atoms with van der Waals surface area (Å²) in [6.07, 6.45) is 3.66. The lowest BCUT2D eigenvalue weighted by atomic mass is 10.1. The molecule has 1 atom stereocenters. The summed E-state index contributed by atoms with van der Waals surface area (Å²) >= 11 is 1.73. The monoisotopic (exact) mass is 333 g/mol. The van der Waals surface area contributed by atoms with E-state index in [0.29, 0.717) is 11.8 Å². The van der Waals surface area contributed by atoms with Crippen LogP contribution in [0.3, 0.4) is 0 Å². The molecular formula is C16H23N5OS. The van der Waals surface area contributed by atoms with Crippen molar-refractivity contribution in [2.24, 2.45) is 5.92 Å². The van der Waals surface area contributed by atoms with Crippen LogP contribution in [0.2, 0.25) is 0 Å². The summed E-state index contributed by atoms with van der Waals surface area (Å²) in [4.78, 5) is 12.7. The molecule has 1 saturated carbocycles. The fourth-order valence-electron chi connectivity index (χ4n) is 3.13. The molecule has 0 spiro atoms. The molecule has 2 aromatic rings. The number of nitrogens with one attached hydrogen (secondary N) is 1. The van der Waals surface area contributed by atoms with E-state index in [9.17, 15) is 0 Å². The van der Waals surface area contributed by atoms with Crippen molar-refractivity contribution in [1.29, 1.82) is 0 Å². The van der Waals surface area contributed by atoms with Crippen molar-refractivity contribution in [1.82, 2.24) is 25.3 Å². The Kier molecular flexibility index (Phi) is 4.41. The highest BCUT2D eigenvalue weighted by molar-refractivity contribution is 7.09. The predicted molar refractivity (Wildman–Crippen MR) is 88.2 cm³/mol. The van der Waals surface area contributed by atoms with Crippen LogP contribution in [0.25, 0.3) is 0 Å². The lowest BCUT2D eigenvalue weighted by Gasteiger charge is -2.23. The van der Waals surface area contributed by atoms with Gasteiger partial charge in [-0.25, -0.2) is 4.98 Å². The normalized spacial score (nSPS) is 21.4. The fourth-order valence-corrected chi connectivity index (χ4v) is 3.95. The number of hydrogen-bond acceptors (Lipinski definition) is 7. The van der Waals surface area contributed by atoms with Crippen molar-refractivity contribution in [2.75, 3.05) is 19.6 Å². The minimum absolute atomic E-state index is 0.545. The Hall–Kier alpha value is -1.31. The van der Waals surface area contributed by atoms with Gasteiger partial charge in [0.2, 0.25) is 5.89 Å². The SMILES string of the molecule is Cc1ncsc1CN(Cc1nc(C2CC2)no1)CC1CCNC1. The van der Waals surface area contributed by atoms with E-state index >= 15 is 0 Å². The Labute approximate surface area is 140 Å². The Morgan fingerprint density at radius 1 is 1.35 bits per heavy atom. The van der Waals surface area contributed by atoms with Gasteiger partial charge < -0.3 is 9.84 Å². The zero-order chi connectivity index (χ0) is 15.6. The first-order valence-corrected chi connectivity index (χ1v) is 9.30. The standard InChI is InChI=1S/C16H23N5OS/c1-11-14(23-10-18-11)8-21(7-12-4-5-17-6-12)9-15-19-16(20-22-15)13-2-3-13/h10,12-13,17H,2-9H2,1H3. The number of aromatic nitrogens is 3. The lowest BCUT2D eigenvalue weighted by Crippen LogP contribution is -2.30. The van der Waals surface area contributed by atoms with Gasteiger partial charge in [0.05, 0.1) is 17.7 Å². The summed E-state index contributed by atoms with van der Waals surface area (Å²) < 4.78 is 5.48. The van der Waals surface area contributed by atoms with Gasteiger partial charge in [-0.2, -0.15) is 4.98 Å². The van der Waals surface area contributed by atoms with Gasteiger partial charge in [0, 0.05) is 23.9 Å². The summed E-state index contributed by atoms with van der Waals surface area (Å²) in [5.74, 6) is 2.90. The molecule has 2 aliphatic rings. The summed E-state index contributed by atoms with van der Waals surface area (Å²) in [5, 5.41) is 7.59. The Morgan fingerprint density at radius 3 is 2.96 bits per heavy atom. The van der Waals surface area contributed by atoms with Crippen LogP contribution in [0.5, 0.6) is 0 Å². The van der Waals surface area contributed by atoms with E-state index in [2.05, 4.69) is 32.3 Å². The topological polar surface area (TPSA) is 67.1 Å². The van der Waals surface area contributed by atoms with E-state index in [4.69, 9.17) is 4.52 Å².